The quantitative estimate of drug-likeness (QED) is 0.813. The monoisotopic (exact) mass is 242 g/mol. The highest BCUT2D eigenvalue weighted by Crippen LogP contribution is 2.34. The van der Waals surface area contributed by atoms with Crippen molar-refractivity contribution >= 4 is 22.4 Å². The molecule has 2 atom stereocenters. The van der Waals surface area contributed by atoms with E-state index in [1.165, 1.54) is 0 Å². The lowest BCUT2D eigenvalue weighted by Gasteiger charge is -2.47. The van der Waals surface area contributed by atoms with Gasteiger partial charge in [0, 0.05) is 24.9 Å². The van der Waals surface area contributed by atoms with E-state index in [9.17, 15) is 0 Å². The number of aromatic nitrogens is 2. The van der Waals surface area contributed by atoms with Gasteiger partial charge in [-0.25, -0.2) is 0 Å². The second-order valence-electron chi connectivity index (χ2n) is 4.98. The zero-order valence-corrected chi connectivity index (χ0v) is 9.91. The topological polar surface area (TPSA) is 64.3 Å². The molecule has 5 heteroatoms. The van der Waals surface area contributed by atoms with Crippen LogP contribution in [-0.4, -0.2) is 35.5 Å². The highest BCUT2D eigenvalue weighted by molar-refractivity contribution is 5.94. The van der Waals surface area contributed by atoms with Crippen LogP contribution in [0.5, 0.6) is 0 Å². The summed E-state index contributed by atoms with van der Waals surface area (Å²) in [5.41, 5.74) is 7.79. The SMILES string of the molecule is Nc1c(N2CC3CC(C2)O3)nnc2ccccc12. The fraction of sp³-hybridized carbons (Fsp3) is 0.385. The third-order valence-electron chi connectivity index (χ3n) is 3.75. The number of nitrogen functional groups attached to an aromatic ring is 1. The average Bonchev–Trinajstić information content (AvgIpc) is 2.39. The van der Waals surface area contributed by atoms with E-state index in [0.717, 1.165) is 41.9 Å². The Morgan fingerprint density at radius 1 is 1.17 bits per heavy atom. The Morgan fingerprint density at radius 3 is 2.67 bits per heavy atom. The van der Waals surface area contributed by atoms with E-state index < -0.39 is 0 Å². The number of piperidine rings is 1. The highest BCUT2D eigenvalue weighted by atomic mass is 16.5. The molecule has 2 aromatic rings. The maximum Gasteiger partial charge on any atom is 0.175 e. The van der Waals surface area contributed by atoms with Gasteiger partial charge in [0.1, 0.15) is 0 Å². The van der Waals surface area contributed by atoms with Gasteiger partial charge in [-0.05, 0) is 6.07 Å². The summed E-state index contributed by atoms with van der Waals surface area (Å²) < 4.78 is 5.62. The van der Waals surface area contributed by atoms with Gasteiger partial charge in [0.15, 0.2) is 5.82 Å². The molecule has 4 heterocycles. The molecule has 3 saturated heterocycles. The van der Waals surface area contributed by atoms with Gasteiger partial charge in [-0.2, -0.15) is 0 Å². The molecule has 3 aliphatic rings. The van der Waals surface area contributed by atoms with Crippen molar-refractivity contribution in [3.63, 3.8) is 0 Å². The standard InChI is InChI=1S/C13H14N4O/c14-12-10-3-1-2-4-11(10)15-16-13(12)17-6-8-5-9(7-17)18-8/h1-4,8-9H,5-7H2,(H2,14,15). The smallest absolute Gasteiger partial charge is 0.175 e. The maximum absolute atomic E-state index is 6.23. The molecule has 5 rings (SSSR count). The lowest BCUT2D eigenvalue weighted by atomic mass is 9.98. The lowest BCUT2D eigenvalue weighted by Crippen LogP contribution is -2.57. The van der Waals surface area contributed by atoms with E-state index in [1.807, 2.05) is 24.3 Å². The van der Waals surface area contributed by atoms with E-state index in [0.29, 0.717) is 12.2 Å². The van der Waals surface area contributed by atoms with Crippen molar-refractivity contribution in [2.75, 3.05) is 23.7 Å². The number of fused-ring (bicyclic) bond motifs is 3. The molecule has 5 nitrogen and oxygen atoms in total. The Hall–Kier alpha value is -1.88. The fourth-order valence-corrected chi connectivity index (χ4v) is 2.83. The summed E-state index contributed by atoms with van der Waals surface area (Å²) in [6.45, 7) is 1.74. The van der Waals surface area contributed by atoms with Crippen LogP contribution in [0.25, 0.3) is 10.9 Å². The summed E-state index contributed by atoms with van der Waals surface area (Å²) in [6, 6.07) is 7.84. The molecule has 0 aliphatic carbocycles. The summed E-state index contributed by atoms with van der Waals surface area (Å²) in [5.74, 6) is 0.798. The Labute approximate surface area is 105 Å². The van der Waals surface area contributed by atoms with Crippen LogP contribution in [-0.2, 0) is 4.74 Å². The molecule has 2 unspecified atom stereocenters. The summed E-state index contributed by atoms with van der Waals surface area (Å²) in [5, 5.41) is 9.50. The molecular formula is C13H14N4O. The summed E-state index contributed by atoms with van der Waals surface area (Å²) in [6.07, 6.45) is 1.85. The molecule has 1 aromatic heterocycles. The first kappa shape index (κ1) is 10.1. The van der Waals surface area contributed by atoms with Crippen molar-refractivity contribution in [1.82, 2.24) is 10.2 Å². The second kappa shape index (κ2) is 3.55. The van der Waals surface area contributed by atoms with Crippen molar-refractivity contribution in [3.05, 3.63) is 24.3 Å². The second-order valence-corrected chi connectivity index (χ2v) is 4.98. The first-order valence-corrected chi connectivity index (χ1v) is 6.22. The lowest BCUT2D eigenvalue weighted by molar-refractivity contribution is -0.133. The van der Waals surface area contributed by atoms with Crippen LogP contribution in [0.15, 0.2) is 24.3 Å². The Bertz CT molecular complexity index is 599. The molecule has 0 saturated carbocycles. The molecule has 2 bridgehead atoms. The van der Waals surface area contributed by atoms with Crippen LogP contribution in [0, 0.1) is 0 Å². The molecule has 0 radical (unpaired) electrons. The van der Waals surface area contributed by atoms with E-state index in [-0.39, 0.29) is 0 Å². The van der Waals surface area contributed by atoms with Crippen molar-refractivity contribution in [1.29, 1.82) is 0 Å². The van der Waals surface area contributed by atoms with Crippen molar-refractivity contribution in [2.24, 2.45) is 0 Å². The number of ether oxygens (including phenoxy) is 1. The molecule has 1 aromatic carbocycles. The Kier molecular flexibility index (Phi) is 1.99. The molecule has 2 N–H and O–H groups in total. The molecule has 92 valence electrons. The number of hydrogen-bond donors (Lipinski definition) is 1. The number of rotatable bonds is 1. The average molecular weight is 242 g/mol. The van der Waals surface area contributed by atoms with Crippen molar-refractivity contribution < 1.29 is 4.74 Å². The number of anilines is 2. The highest BCUT2D eigenvalue weighted by Gasteiger charge is 2.39. The van der Waals surface area contributed by atoms with Crippen molar-refractivity contribution in [3.8, 4) is 0 Å². The van der Waals surface area contributed by atoms with E-state index in [1.54, 1.807) is 0 Å². The van der Waals surface area contributed by atoms with E-state index in [4.69, 9.17) is 10.5 Å². The number of nitrogens with zero attached hydrogens (tertiary/aromatic N) is 3. The summed E-state index contributed by atoms with van der Waals surface area (Å²) >= 11 is 0. The molecule has 18 heavy (non-hydrogen) atoms. The first-order valence-electron chi connectivity index (χ1n) is 6.22. The van der Waals surface area contributed by atoms with Gasteiger partial charge in [-0.3, -0.25) is 0 Å². The van der Waals surface area contributed by atoms with Crippen LogP contribution in [0.1, 0.15) is 6.42 Å². The third kappa shape index (κ3) is 1.37. The number of benzene rings is 1. The van der Waals surface area contributed by atoms with Gasteiger partial charge in [-0.15, -0.1) is 10.2 Å². The molecule has 3 fully saturated rings. The van der Waals surface area contributed by atoms with Gasteiger partial charge < -0.3 is 15.4 Å². The van der Waals surface area contributed by atoms with Crippen LogP contribution in [0.3, 0.4) is 0 Å². The van der Waals surface area contributed by atoms with Crippen molar-refractivity contribution in [2.45, 2.75) is 18.6 Å². The number of nitrogens with two attached hydrogens (primary N) is 1. The number of morpholine rings is 1. The minimum absolute atomic E-state index is 0.344. The van der Waals surface area contributed by atoms with Gasteiger partial charge in [-0.1, -0.05) is 18.2 Å². The largest absolute Gasteiger partial charge is 0.395 e. The summed E-state index contributed by atoms with van der Waals surface area (Å²) in [7, 11) is 0. The number of hydrogen-bond acceptors (Lipinski definition) is 5. The minimum Gasteiger partial charge on any atom is -0.395 e. The zero-order valence-electron chi connectivity index (χ0n) is 9.91. The maximum atomic E-state index is 6.23. The molecular weight excluding hydrogens is 228 g/mol. The summed E-state index contributed by atoms with van der Waals surface area (Å²) in [4.78, 5) is 2.19. The normalized spacial score (nSPS) is 26.1. The minimum atomic E-state index is 0.344. The van der Waals surface area contributed by atoms with Gasteiger partial charge in [0.25, 0.3) is 0 Å². The predicted octanol–water partition coefficient (Wildman–Crippen LogP) is 1.19. The predicted molar refractivity (Wildman–Crippen MR) is 69.4 cm³/mol. The third-order valence-corrected chi connectivity index (χ3v) is 3.75. The first-order chi connectivity index (χ1) is 8.81. The Morgan fingerprint density at radius 2 is 1.89 bits per heavy atom. The zero-order chi connectivity index (χ0) is 12.1. The van der Waals surface area contributed by atoms with Gasteiger partial charge >= 0.3 is 0 Å². The molecule has 0 amide bonds. The van der Waals surface area contributed by atoms with Gasteiger partial charge in [0.2, 0.25) is 0 Å². The van der Waals surface area contributed by atoms with Crippen LogP contribution < -0.4 is 10.6 Å². The Balaban J connectivity index is 1.78. The van der Waals surface area contributed by atoms with E-state index >= 15 is 0 Å². The molecule has 0 spiro atoms. The van der Waals surface area contributed by atoms with Crippen LogP contribution in [0.2, 0.25) is 0 Å². The fourth-order valence-electron chi connectivity index (χ4n) is 2.83. The van der Waals surface area contributed by atoms with Gasteiger partial charge in [0.05, 0.1) is 23.4 Å². The van der Waals surface area contributed by atoms with Crippen LogP contribution >= 0.6 is 0 Å². The van der Waals surface area contributed by atoms with E-state index in [2.05, 4.69) is 15.1 Å². The molecule has 3 aliphatic heterocycles. The van der Waals surface area contributed by atoms with Crippen LogP contribution in [0.4, 0.5) is 11.5 Å².